The second-order valence-corrected chi connectivity index (χ2v) is 6.05. The van der Waals surface area contributed by atoms with Gasteiger partial charge in [-0.2, -0.15) is 10.2 Å². The monoisotopic (exact) mass is 373 g/mol. The number of halogens is 1. The molecule has 1 unspecified atom stereocenters. The zero-order chi connectivity index (χ0) is 17.1. The van der Waals surface area contributed by atoms with Crippen molar-refractivity contribution in [2.24, 2.45) is 0 Å². The summed E-state index contributed by atoms with van der Waals surface area (Å²) >= 11 is 0. The SMILES string of the molecule is Cl.O=C(Nc1ccc(-c2ncn[nH]2)cc1)c1ccn(C2CCCNC2)n1. The number of amides is 1. The number of aromatic nitrogens is 5. The number of piperidine rings is 1. The van der Waals surface area contributed by atoms with E-state index in [1.807, 2.05) is 35.1 Å². The third kappa shape index (κ3) is 3.92. The summed E-state index contributed by atoms with van der Waals surface area (Å²) in [7, 11) is 0. The van der Waals surface area contributed by atoms with Crippen LogP contribution in [-0.2, 0) is 0 Å². The average Bonchev–Trinajstić information content (AvgIpc) is 3.35. The summed E-state index contributed by atoms with van der Waals surface area (Å²) < 4.78 is 1.88. The molecule has 8 nitrogen and oxygen atoms in total. The minimum Gasteiger partial charge on any atom is -0.321 e. The lowest BCUT2D eigenvalue weighted by Gasteiger charge is -2.22. The number of nitrogens with one attached hydrogen (secondary N) is 3. The lowest BCUT2D eigenvalue weighted by Crippen LogP contribution is -2.32. The summed E-state index contributed by atoms with van der Waals surface area (Å²) in [5.74, 6) is 0.479. The molecule has 0 bridgehead atoms. The fourth-order valence-corrected chi connectivity index (χ4v) is 2.97. The number of carbonyl (C=O) groups is 1. The Balaban J connectivity index is 0.00000196. The van der Waals surface area contributed by atoms with E-state index in [-0.39, 0.29) is 18.3 Å². The summed E-state index contributed by atoms with van der Waals surface area (Å²) in [6.07, 6.45) is 5.55. The molecule has 0 aliphatic carbocycles. The van der Waals surface area contributed by atoms with E-state index >= 15 is 0 Å². The van der Waals surface area contributed by atoms with Gasteiger partial charge in [0.25, 0.3) is 5.91 Å². The van der Waals surface area contributed by atoms with Crippen molar-refractivity contribution in [1.29, 1.82) is 0 Å². The highest BCUT2D eigenvalue weighted by atomic mass is 35.5. The molecule has 1 atom stereocenters. The molecule has 26 heavy (non-hydrogen) atoms. The number of nitrogens with zero attached hydrogens (tertiary/aromatic N) is 4. The Kier molecular flexibility index (Phi) is 5.65. The molecular weight excluding hydrogens is 354 g/mol. The largest absolute Gasteiger partial charge is 0.321 e. The van der Waals surface area contributed by atoms with E-state index in [4.69, 9.17) is 0 Å². The van der Waals surface area contributed by atoms with E-state index in [9.17, 15) is 4.79 Å². The van der Waals surface area contributed by atoms with Gasteiger partial charge in [0.15, 0.2) is 11.5 Å². The minimum absolute atomic E-state index is 0. The molecule has 0 radical (unpaired) electrons. The minimum atomic E-state index is -0.213. The number of H-pyrrole nitrogens is 1. The predicted octanol–water partition coefficient (Wildman–Crippen LogP) is 2.27. The van der Waals surface area contributed by atoms with Crippen LogP contribution in [0.1, 0.15) is 29.4 Å². The Bertz CT molecular complexity index is 838. The Morgan fingerprint density at radius 2 is 2.08 bits per heavy atom. The van der Waals surface area contributed by atoms with E-state index in [1.165, 1.54) is 6.33 Å². The summed E-state index contributed by atoms with van der Waals surface area (Å²) in [5, 5.41) is 17.3. The maximum absolute atomic E-state index is 12.4. The highest BCUT2D eigenvalue weighted by molar-refractivity contribution is 6.02. The van der Waals surface area contributed by atoms with Crippen molar-refractivity contribution in [3.63, 3.8) is 0 Å². The van der Waals surface area contributed by atoms with E-state index in [0.717, 1.165) is 31.5 Å². The van der Waals surface area contributed by atoms with Crippen LogP contribution in [-0.4, -0.2) is 44.0 Å². The first-order valence-electron chi connectivity index (χ1n) is 8.32. The number of anilines is 1. The number of carbonyl (C=O) groups excluding carboxylic acids is 1. The highest BCUT2D eigenvalue weighted by Crippen LogP contribution is 2.19. The molecule has 1 aliphatic rings. The molecule has 4 rings (SSSR count). The number of hydrogen-bond donors (Lipinski definition) is 3. The van der Waals surface area contributed by atoms with Gasteiger partial charge in [-0.1, -0.05) is 0 Å². The van der Waals surface area contributed by atoms with Gasteiger partial charge in [0.05, 0.1) is 6.04 Å². The molecule has 2 aromatic heterocycles. The van der Waals surface area contributed by atoms with E-state index in [0.29, 0.717) is 23.2 Å². The zero-order valence-corrected chi connectivity index (χ0v) is 14.9. The maximum Gasteiger partial charge on any atom is 0.276 e. The molecule has 0 saturated carbocycles. The van der Waals surface area contributed by atoms with Gasteiger partial charge in [-0.05, 0) is 49.7 Å². The fraction of sp³-hybridized carbons (Fsp3) is 0.294. The quantitative estimate of drug-likeness (QED) is 0.651. The molecule has 3 N–H and O–H groups in total. The molecule has 1 aromatic carbocycles. The van der Waals surface area contributed by atoms with Gasteiger partial charge in [0.1, 0.15) is 6.33 Å². The third-order valence-corrected chi connectivity index (χ3v) is 4.32. The smallest absolute Gasteiger partial charge is 0.276 e. The summed E-state index contributed by atoms with van der Waals surface area (Å²) in [6, 6.07) is 9.49. The Hall–Kier alpha value is -2.71. The van der Waals surface area contributed by atoms with Crippen LogP contribution in [0, 0.1) is 0 Å². The summed E-state index contributed by atoms with van der Waals surface area (Å²) in [4.78, 5) is 16.5. The van der Waals surface area contributed by atoms with Crippen molar-refractivity contribution < 1.29 is 4.79 Å². The molecule has 136 valence electrons. The van der Waals surface area contributed by atoms with E-state index in [2.05, 4.69) is 30.9 Å². The van der Waals surface area contributed by atoms with Crippen LogP contribution in [0.4, 0.5) is 5.69 Å². The molecule has 3 heterocycles. The number of rotatable bonds is 4. The van der Waals surface area contributed by atoms with Crippen LogP contribution in [0.25, 0.3) is 11.4 Å². The Morgan fingerprint density at radius 3 is 2.77 bits per heavy atom. The first-order chi connectivity index (χ1) is 12.3. The molecule has 1 fully saturated rings. The van der Waals surface area contributed by atoms with Crippen LogP contribution in [0.5, 0.6) is 0 Å². The predicted molar refractivity (Wildman–Crippen MR) is 100 cm³/mol. The average molecular weight is 374 g/mol. The number of aromatic amines is 1. The molecule has 9 heteroatoms. The van der Waals surface area contributed by atoms with Gasteiger partial charge >= 0.3 is 0 Å². The maximum atomic E-state index is 12.4. The van der Waals surface area contributed by atoms with Gasteiger partial charge in [0.2, 0.25) is 0 Å². The fourth-order valence-electron chi connectivity index (χ4n) is 2.97. The zero-order valence-electron chi connectivity index (χ0n) is 14.1. The van der Waals surface area contributed by atoms with Crippen molar-refractivity contribution in [2.75, 3.05) is 18.4 Å². The normalized spacial score (nSPS) is 16.7. The molecule has 1 amide bonds. The van der Waals surface area contributed by atoms with Crippen LogP contribution >= 0.6 is 12.4 Å². The van der Waals surface area contributed by atoms with Crippen molar-refractivity contribution in [1.82, 2.24) is 30.3 Å². The second-order valence-electron chi connectivity index (χ2n) is 6.05. The number of hydrogen-bond acceptors (Lipinski definition) is 5. The highest BCUT2D eigenvalue weighted by Gasteiger charge is 2.17. The first kappa shape index (κ1) is 18.1. The lowest BCUT2D eigenvalue weighted by molar-refractivity contribution is 0.102. The van der Waals surface area contributed by atoms with Gasteiger partial charge in [-0.15, -0.1) is 12.4 Å². The van der Waals surface area contributed by atoms with Crippen LogP contribution in [0.2, 0.25) is 0 Å². The molecule has 1 aliphatic heterocycles. The number of benzene rings is 1. The van der Waals surface area contributed by atoms with Gasteiger partial charge in [0, 0.05) is 24.0 Å². The molecule has 1 saturated heterocycles. The molecule has 3 aromatic rings. The van der Waals surface area contributed by atoms with Crippen molar-refractivity contribution in [3.8, 4) is 11.4 Å². The van der Waals surface area contributed by atoms with E-state index < -0.39 is 0 Å². The Labute approximate surface area is 156 Å². The Morgan fingerprint density at radius 1 is 1.23 bits per heavy atom. The second kappa shape index (κ2) is 8.11. The van der Waals surface area contributed by atoms with Crippen molar-refractivity contribution in [2.45, 2.75) is 18.9 Å². The van der Waals surface area contributed by atoms with Crippen LogP contribution < -0.4 is 10.6 Å². The third-order valence-electron chi connectivity index (χ3n) is 4.32. The van der Waals surface area contributed by atoms with E-state index in [1.54, 1.807) is 6.07 Å². The summed E-state index contributed by atoms with van der Waals surface area (Å²) in [5.41, 5.74) is 2.04. The molecular formula is C17H20ClN7O. The first-order valence-corrected chi connectivity index (χ1v) is 8.32. The van der Waals surface area contributed by atoms with Gasteiger partial charge in [-0.25, -0.2) is 4.98 Å². The topological polar surface area (TPSA) is 101 Å². The van der Waals surface area contributed by atoms with Gasteiger partial charge < -0.3 is 10.6 Å². The van der Waals surface area contributed by atoms with Crippen molar-refractivity contribution >= 4 is 24.0 Å². The lowest BCUT2D eigenvalue weighted by atomic mass is 10.1. The molecule has 0 spiro atoms. The summed E-state index contributed by atoms with van der Waals surface area (Å²) in [6.45, 7) is 1.95. The standard InChI is InChI=1S/C17H19N7O.ClH/c25-17(15-7-9-24(23-15)14-2-1-8-18-10-14)21-13-5-3-12(4-6-13)16-19-11-20-22-16;/h3-7,9,11,14,18H,1-2,8,10H2,(H,21,25)(H,19,20,22);1H. The van der Waals surface area contributed by atoms with Crippen LogP contribution in [0.3, 0.4) is 0 Å². The van der Waals surface area contributed by atoms with Crippen molar-refractivity contribution in [3.05, 3.63) is 48.5 Å². The van der Waals surface area contributed by atoms with Gasteiger partial charge in [-0.3, -0.25) is 14.6 Å². The van der Waals surface area contributed by atoms with Crippen LogP contribution in [0.15, 0.2) is 42.9 Å².